The predicted octanol–water partition coefficient (Wildman–Crippen LogP) is 1.43. The molecule has 0 N–H and O–H groups in total. The minimum absolute atomic E-state index is 0.159. The summed E-state index contributed by atoms with van der Waals surface area (Å²) < 4.78 is 11.8. The molecule has 7 heteroatoms. The highest BCUT2D eigenvalue weighted by molar-refractivity contribution is 5.92. The number of hydrogen-bond donors (Lipinski definition) is 0. The molecule has 25 heavy (non-hydrogen) atoms. The fourth-order valence-corrected chi connectivity index (χ4v) is 3.06. The first-order chi connectivity index (χ1) is 12.0. The molecule has 7 nitrogen and oxygen atoms in total. The number of amides is 1. The number of ether oxygens (including phenoxy) is 2. The van der Waals surface area contributed by atoms with Gasteiger partial charge in [0.2, 0.25) is 0 Å². The van der Waals surface area contributed by atoms with Crippen LogP contribution in [0.15, 0.2) is 35.1 Å². The zero-order chi connectivity index (χ0) is 18.0. The van der Waals surface area contributed by atoms with E-state index in [0.717, 1.165) is 23.5 Å². The lowest BCUT2D eigenvalue weighted by Crippen LogP contribution is -2.31. The topological polar surface area (TPSA) is 73.7 Å². The van der Waals surface area contributed by atoms with Crippen LogP contribution in [-0.2, 0) is 7.05 Å². The molecule has 0 saturated carbocycles. The normalized spacial score (nSPS) is 16.8. The van der Waals surface area contributed by atoms with Crippen LogP contribution in [0.2, 0.25) is 0 Å². The molecule has 0 aliphatic carbocycles. The zero-order valence-corrected chi connectivity index (χ0v) is 14.6. The van der Waals surface area contributed by atoms with Crippen molar-refractivity contribution < 1.29 is 14.3 Å². The van der Waals surface area contributed by atoms with Crippen molar-refractivity contribution in [2.75, 3.05) is 27.3 Å². The first-order valence-corrected chi connectivity index (χ1v) is 8.08. The van der Waals surface area contributed by atoms with Crippen molar-refractivity contribution in [3.05, 3.63) is 51.9 Å². The first-order valence-electron chi connectivity index (χ1n) is 8.08. The summed E-state index contributed by atoms with van der Waals surface area (Å²) in [5, 5.41) is 4.04. The number of likely N-dealkylation sites (tertiary alicyclic amines) is 1. The molecule has 1 amide bonds. The van der Waals surface area contributed by atoms with Crippen molar-refractivity contribution in [3.8, 4) is 11.5 Å². The van der Waals surface area contributed by atoms with E-state index in [0.29, 0.717) is 13.1 Å². The number of methoxy groups -OCH3 is 2. The summed E-state index contributed by atoms with van der Waals surface area (Å²) in [5.41, 5.74) is 1.13. The summed E-state index contributed by atoms with van der Waals surface area (Å²) in [4.78, 5) is 25.8. The van der Waals surface area contributed by atoms with Crippen molar-refractivity contribution in [1.82, 2.24) is 14.7 Å². The highest BCUT2D eigenvalue weighted by atomic mass is 16.5. The fourth-order valence-electron chi connectivity index (χ4n) is 3.06. The van der Waals surface area contributed by atoms with Gasteiger partial charge in [0.15, 0.2) is 0 Å². The molecular weight excluding hydrogens is 322 g/mol. The molecule has 132 valence electrons. The standard InChI is InChI=1S/C18H21N3O4/c1-20-17(22)5-4-16(19-20)18(23)21-7-6-12(11-21)13-8-14(24-2)10-15(9-13)25-3/h4-5,8-10,12H,6-7,11H2,1-3H3/t12-/m0/s1. The Labute approximate surface area is 145 Å². The van der Waals surface area contributed by atoms with Gasteiger partial charge in [-0.2, -0.15) is 5.10 Å². The number of aryl methyl sites for hydroxylation is 1. The molecule has 0 unspecified atom stereocenters. The van der Waals surface area contributed by atoms with E-state index in [1.807, 2.05) is 18.2 Å². The summed E-state index contributed by atoms with van der Waals surface area (Å²) in [5.74, 6) is 1.52. The smallest absolute Gasteiger partial charge is 0.274 e. The molecule has 1 saturated heterocycles. The number of aromatic nitrogens is 2. The Bertz CT molecular complexity index is 824. The second-order valence-corrected chi connectivity index (χ2v) is 6.06. The van der Waals surface area contributed by atoms with Gasteiger partial charge in [0.05, 0.1) is 14.2 Å². The molecule has 1 aliphatic heterocycles. The van der Waals surface area contributed by atoms with Gasteiger partial charge in [0, 0.05) is 38.2 Å². The molecule has 0 radical (unpaired) electrons. The van der Waals surface area contributed by atoms with Crippen molar-refractivity contribution in [1.29, 1.82) is 0 Å². The van der Waals surface area contributed by atoms with Crippen molar-refractivity contribution in [2.45, 2.75) is 12.3 Å². The highest BCUT2D eigenvalue weighted by Crippen LogP contribution is 2.33. The number of nitrogens with zero attached hydrogens (tertiary/aromatic N) is 3. The monoisotopic (exact) mass is 343 g/mol. The van der Waals surface area contributed by atoms with E-state index >= 15 is 0 Å². The Balaban J connectivity index is 1.78. The Morgan fingerprint density at radius 3 is 2.44 bits per heavy atom. The summed E-state index contributed by atoms with van der Waals surface area (Å²) in [7, 11) is 4.77. The molecule has 0 spiro atoms. The minimum atomic E-state index is -0.237. The lowest BCUT2D eigenvalue weighted by molar-refractivity contribution is 0.0782. The van der Waals surface area contributed by atoms with Gasteiger partial charge in [-0.25, -0.2) is 4.68 Å². The van der Waals surface area contributed by atoms with Crippen LogP contribution in [0.1, 0.15) is 28.4 Å². The second-order valence-electron chi connectivity index (χ2n) is 6.06. The van der Waals surface area contributed by atoms with Crippen LogP contribution in [-0.4, -0.2) is 47.9 Å². The zero-order valence-electron chi connectivity index (χ0n) is 14.6. The lowest BCUT2D eigenvalue weighted by Gasteiger charge is -2.17. The van der Waals surface area contributed by atoms with E-state index in [9.17, 15) is 9.59 Å². The highest BCUT2D eigenvalue weighted by Gasteiger charge is 2.29. The van der Waals surface area contributed by atoms with Gasteiger partial charge in [-0.05, 0) is 30.2 Å². The Kier molecular flexibility index (Phi) is 4.74. The lowest BCUT2D eigenvalue weighted by atomic mass is 9.98. The van der Waals surface area contributed by atoms with Crippen LogP contribution in [0, 0.1) is 0 Å². The molecule has 1 aliphatic rings. The van der Waals surface area contributed by atoms with Gasteiger partial charge >= 0.3 is 0 Å². The molecule has 1 aromatic carbocycles. The van der Waals surface area contributed by atoms with Crippen molar-refractivity contribution >= 4 is 5.91 Å². The van der Waals surface area contributed by atoms with Gasteiger partial charge in [-0.15, -0.1) is 0 Å². The largest absolute Gasteiger partial charge is 0.497 e. The molecule has 2 heterocycles. The fraction of sp³-hybridized carbons (Fsp3) is 0.389. The van der Waals surface area contributed by atoms with Gasteiger partial charge in [-0.3, -0.25) is 9.59 Å². The Morgan fingerprint density at radius 2 is 1.84 bits per heavy atom. The molecule has 1 atom stereocenters. The average Bonchev–Trinajstić information content (AvgIpc) is 3.13. The maximum absolute atomic E-state index is 12.6. The van der Waals surface area contributed by atoms with Crippen LogP contribution in [0.4, 0.5) is 0 Å². The Morgan fingerprint density at radius 1 is 1.16 bits per heavy atom. The van der Waals surface area contributed by atoms with Crippen molar-refractivity contribution in [2.24, 2.45) is 7.05 Å². The Hall–Kier alpha value is -2.83. The van der Waals surface area contributed by atoms with Gasteiger partial charge in [-0.1, -0.05) is 0 Å². The average molecular weight is 343 g/mol. The molecule has 1 fully saturated rings. The molecule has 3 rings (SSSR count). The molecular formula is C18H21N3O4. The van der Waals surface area contributed by atoms with E-state index in [1.54, 1.807) is 19.1 Å². The molecule has 1 aromatic heterocycles. The number of benzene rings is 1. The summed E-state index contributed by atoms with van der Waals surface area (Å²) in [6, 6.07) is 8.63. The minimum Gasteiger partial charge on any atom is -0.497 e. The van der Waals surface area contributed by atoms with E-state index in [4.69, 9.17) is 9.47 Å². The number of rotatable bonds is 4. The quantitative estimate of drug-likeness (QED) is 0.840. The van der Waals surface area contributed by atoms with Gasteiger partial charge < -0.3 is 14.4 Å². The van der Waals surface area contributed by atoms with E-state index in [1.165, 1.54) is 23.9 Å². The third-order valence-corrected chi connectivity index (χ3v) is 4.50. The first kappa shape index (κ1) is 17.0. The van der Waals surface area contributed by atoms with E-state index in [-0.39, 0.29) is 23.1 Å². The van der Waals surface area contributed by atoms with Crippen LogP contribution in [0.3, 0.4) is 0 Å². The number of carbonyl (C=O) groups is 1. The number of hydrogen-bond acceptors (Lipinski definition) is 5. The summed E-state index contributed by atoms with van der Waals surface area (Å²) in [6.07, 6.45) is 0.855. The van der Waals surface area contributed by atoms with Gasteiger partial charge in [0.25, 0.3) is 11.5 Å². The van der Waals surface area contributed by atoms with E-state index in [2.05, 4.69) is 5.10 Å². The second kappa shape index (κ2) is 6.96. The van der Waals surface area contributed by atoms with Crippen LogP contribution in [0.5, 0.6) is 11.5 Å². The maximum Gasteiger partial charge on any atom is 0.274 e. The SMILES string of the molecule is COc1cc(OC)cc([C@H]2CCN(C(=O)c3ccc(=O)n(C)n3)C2)c1. The van der Waals surface area contributed by atoms with Gasteiger partial charge in [0.1, 0.15) is 17.2 Å². The number of carbonyl (C=O) groups excluding carboxylic acids is 1. The summed E-state index contributed by atoms with van der Waals surface area (Å²) >= 11 is 0. The third kappa shape index (κ3) is 3.50. The van der Waals surface area contributed by atoms with Crippen LogP contribution < -0.4 is 15.0 Å². The van der Waals surface area contributed by atoms with Crippen molar-refractivity contribution in [3.63, 3.8) is 0 Å². The maximum atomic E-state index is 12.6. The van der Waals surface area contributed by atoms with Crippen LogP contribution >= 0.6 is 0 Å². The third-order valence-electron chi connectivity index (χ3n) is 4.50. The van der Waals surface area contributed by atoms with E-state index < -0.39 is 0 Å². The molecule has 2 aromatic rings. The molecule has 0 bridgehead atoms. The van der Waals surface area contributed by atoms with Crippen LogP contribution in [0.25, 0.3) is 0 Å². The summed E-state index contributed by atoms with van der Waals surface area (Å²) in [6.45, 7) is 1.24. The predicted molar refractivity (Wildman–Crippen MR) is 92.3 cm³/mol.